The Labute approximate surface area is 179 Å². The first kappa shape index (κ1) is 19.1. The molecule has 3 aromatic rings. The molecule has 1 atom stereocenters. The van der Waals surface area contributed by atoms with Gasteiger partial charge in [0.1, 0.15) is 11.7 Å². The van der Waals surface area contributed by atoms with E-state index in [1.165, 1.54) is 22.1 Å². The maximum Gasteiger partial charge on any atom is 0.264 e. The first-order chi connectivity index (χ1) is 15.0. The fraction of sp³-hybridized carbons (Fsp3) is 0.211. The minimum atomic E-state index is -1.02. The molecule has 2 aliphatic rings. The highest BCUT2D eigenvalue weighted by molar-refractivity contribution is 7.13. The van der Waals surface area contributed by atoms with Crippen molar-refractivity contribution in [2.75, 3.05) is 5.32 Å². The number of anilines is 1. The number of nitrogens with zero attached hydrogens (tertiary/aromatic N) is 5. The van der Waals surface area contributed by atoms with Gasteiger partial charge in [-0.1, -0.05) is 11.3 Å². The molecule has 2 aliphatic heterocycles. The first-order valence-electron chi connectivity index (χ1n) is 9.42. The lowest BCUT2D eigenvalue weighted by Gasteiger charge is -2.27. The normalized spacial score (nSPS) is 18.3. The van der Waals surface area contributed by atoms with E-state index in [-0.39, 0.29) is 24.0 Å². The third-order valence-electron chi connectivity index (χ3n) is 5.09. The van der Waals surface area contributed by atoms with Gasteiger partial charge in [0.15, 0.2) is 5.13 Å². The largest absolute Gasteiger partial charge is 0.356 e. The van der Waals surface area contributed by atoms with Crippen LogP contribution < -0.4 is 10.6 Å². The number of benzene rings is 1. The van der Waals surface area contributed by atoms with Gasteiger partial charge in [-0.15, -0.1) is 16.4 Å². The van der Waals surface area contributed by atoms with Gasteiger partial charge < -0.3 is 5.32 Å². The van der Waals surface area contributed by atoms with Crippen LogP contribution in [0.3, 0.4) is 0 Å². The smallest absolute Gasteiger partial charge is 0.264 e. The Morgan fingerprint density at radius 2 is 2.06 bits per heavy atom. The van der Waals surface area contributed by atoms with Crippen molar-refractivity contribution in [2.24, 2.45) is 0 Å². The number of aromatic nitrogens is 4. The zero-order valence-electron chi connectivity index (χ0n) is 15.9. The van der Waals surface area contributed by atoms with Crippen LogP contribution in [-0.2, 0) is 16.1 Å². The highest BCUT2D eigenvalue weighted by atomic mass is 32.1. The number of thiazole rings is 1. The number of carbonyl (C=O) groups excluding carboxylic acids is 4. The van der Waals surface area contributed by atoms with Gasteiger partial charge in [-0.3, -0.25) is 29.4 Å². The van der Waals surface area contributed by atoms with Gasteiger partial charge in [0.05, 0.1) is 29.6 Å². The summed E-state index contributed by atoms with van der Waals surface area (Å²) in [6.07, 6.45) is 3.51. The number of rotatable bonds is 5. The minimum Gasteiger partial charge on any atom is -0.356 e. The van der Waals surface area contributed by atoms with Gasteiger partial charge in [-0.2, -0.15) is 0 Å². The van der Waals surface area contributed by atoms with Crippen LogP contribution in [0.15, 0.2) is 36.0 Å². The molecule has 2 N–H and O–H groups in total. The number of piperidine rings is 1. The lowest BCUT2D eigenvalue weighted by Crippen LogP contribution is -2.54. The van der Waals surface area contributed by atoms with Crippen molar-refractivity contribution in [1.82, 2.24) is 30.2 Å². The standard InChI is InChI=1S/C19H15N7O4S/c27-14-5-4-13(16(28)22-14)26-17(29)11-2-1-3-12(15(11)18(26)30)25-9-10(23-24-25)8-21-19-20-6-7-31-19/h1-3,6-7,9,13H,4-5,8H2,(H,20,21)(H,22,27,28). The Morgan fingerprint density at radius 3 is 2.84 bits per heavy atom. The number of fused-ring (bicyclic) bond motifs is 1. The molecule has 0 radical (unpaired) electrons. The van der Waals surface area contributed by atoms with E-state index < -0.39 is 29.7 Å². The molecule has 1 saturated heterocycles. The topological polar surface area (TPSA) is 139 Å². The molecule has 12 heteroatoms. The predicted octanol–water partition coefficient (Wildman–Crippen LogP) is 0.737. The zero-order valence-corrected chi connectivity index (χ0v) is 16.8. The van der Waals surface area contributed by atoms with Gasteiger partial charge in [0, 0.05) is 18.0 Å². The van der Waals surface area contributed by atoms with E-state index in [4.69, 9.17) is 0 Å². The van der Waals surface area contributed by atoms with Crippen LogP contribution in [0.5, 0.6) is 0 Å². The maximum absolute atomic E-state index is 13.2. The molecule has 4 amide bonds. The maximum atomic E-state index is 13.2. The SMILES string of the molecule is O=C1CCC(N2C(=O)c3cccc(-n4cc(CNc5nccs5)nn4)c3C2=O)C(=O)N1. The van der Waals surface area contributed by atoms with Gasteiger partial charge in [-0.05, 0) is 18.6 Å². The third kappa shape index (κ3) is 3.26. The summed E-state index contributed by atoms with van der Waals surface area (Å²) in [7, 11) is 0. The van der Waals surface area contributed by atoms with E-state index in [0.717, 1.165) is 10.0 Å². The first-order valence-corrected chi connectivity index (χ1v) is 10.3. The van der Waals surface area contributed by atoms with Crippen LogP contribution in [0.4, 0.5) is 5.13 Å². The van der Waals surface area contributed by atoms with Gasteiger partial charge in [0.2, 0.25) is 11.8 Å². The average molecular weight is 437 g/mol. The Morgan fingerprint density at radius 1 is 1.19 bits per heavy atom. The Balaban J connectivity index is 1.43. The van der Waals surface area contributed by atoms with E-state index in [1.54, 1.807) is 24.5 Å². The van der Waals surface area contributed by atoms with E-state index in [9.17, 15) is 19.2 Å². The van der Waals surface area contributed by atoms with Crippen LogP contribution in [0, 0.1) is 0 Å². The lowest BCUT2D eigenvalue weighted by molar-refractivity contribution is -0.136. The molecule has 2 aromatic heterocycles. The van der Waals surface area contributed by atoms with Gasteiger partial charge in [0.25, 0.3) is 11.8 Å². The highest BCUT2D eigenvalue weighted by Crippen LogP contribution is 2.31. The number of imide groups is 2. The number of hydrogen-bond donors (Lipinski definition) is 2. The lowest BCUT2D eigenvalue weighted by atomic mass is 10.0. The van der Waals surface area contributed by atoms with Gasteiger partial charge in [-0.25, -0.2) is 9.67 Å². The number of nitrogens with one attached hydrogen (secondary N) is 2. The van der Waals surface area contributed by atoms with E-state index in [2.05, 4.69) is 25.9 Å². The molecule has 31 heavy (non-hydrogen) atoms. The molecule has 4 heterocycles. The predicted molar refractivity (Wildman–Crippen MR) is 107 cm³/mol. The van der Waals surface area contributed by atoms with Crippen molar-refractivity contribution >= 4 is 40.1 Å². The molecule has 1 unspecified atom stereocenters. The molecule has 0 aliphatic carbocycles. The number of carbonyl (C=O) groups is 4. The van der Waals surface area contributed by atoms with E-state index in [1.807, 2.05) is 5.38 Å². The van der Waals surface area contributed by atoms with Crippen molar-refractivity contribution in [2.45, 2.75) is 25.4 Å². The fourth-order valence-electron chi connectivity index (χ4n) is 3.66. The fourth-order valence-corrected chi connectivity index (χ4v) is 4.19. The third-order valence-corrected chi connectivity index (χ3v) is 5.82. The molecule has 0 spiro atoms. The van der Waals surface area contributed by atoms with E-state index >= 15 is 0 Å². The quantitative estimate of drug-likeness (QED) is 0.557. The second-order valence-electron chi connectivity index (χ2n) is 6.99. The van der Waals surface area contributed by atoms with Crippen molar-refractivity contribution in [1.29, 1.82) is 0 Å². The van der Waals surface area contributed by atoms with Crippen LogP contribution in [0.2, 0.25) is 0 Å². The Bertz CT molecular complexity index is 1220. The van der Waals surface area contributed by atoms with Crippen LogP contribution >= 0.6 is 11.3 Å². The summed E-state index contributed by atoms with van der Waals surface area (Å²) in [6.45, 7) is 0.387. The molecule has 1 aromatic carbocycles. The van der Waals surface area contributed by atoms with Crippen molar-refractivity contribution < 1.29 is 19.2 Å². The molecular weight excluding hydrogens is 422 g/mol. The van der Waals surface area contributed by atoms with Gasteiger partial charge >= 0.3 is 0 Å². The summed E-state index contributed by atoms with van der Waals surface area (Å²) in [6, 6.07) is 3.81. The zero-order chi connectivity index (χ0) is 21.5. The Hall–Kier alpha value is -3.93. The average Bonchev–Trinajstić information content (AvgIpc) is 3.49. The van der Waals surface area contributed by atoms with E-state index in [0.29, 0.717) is 17.9 Å². The summed E-state index contributed by atoms with van der Waals surface area (Å²) in [5.74, 6) is -2.23. The molecule has 0 saturated carbocycles. The number of amides is 4. The summed E-state index contributed by atoms with van der Waals surface area (Å²) >= 11 is 1.46. The summed E-state index contributed by atoms with van der Waals surface area (Å²) < 4.78 is 1.43. The minimum absolute atomic E-state index is 0.0647. The monoisotopic (exact) mass is 437 g/mol. The second-order valence-corrected chi connectivity index (χ2v) is 7.89. The highest BCUT2D eigenvalue weighted by Gasteiger charge is 2.45. The van der Waals surface area contributed by atoms with Crippen LogP contribution in [0.25, 0.3) is 5.69 Å². The summed E-state index contributed by atoms with van der Waals surface area (Å²) in [4.78, 5) is 54.9. The summed E-state index contributed by atoms with van der Waals surface area (Å²) in [5, 5.41) is 16.1. The molecule has 0 bridgehead atoms. The van der Waals surface area contributed by atoms with Crippen LogP contribution in [-0.4, -0.2) is 54.5 Å². The van der Waals surface area contributed by atoms with Crippen LogP contribution in [0.1, 0.15) is 39.3 Å². The molecule has 11 nitrogen and oxygen atoms in total. The van der Waals surface area contributed by atoms with Crippen molar-refractivity contribution in [3.05, 3.63) is 52.8 Å². The summed E-state index contributed by atoms with van der Waals surface area (Å²) in [5.41, 5.74) is 1.34. The molecule has 1 fully saturated rings. The molecule has 156 valence electrons. The molecule has 5 rings (SSSR count). The molecular formula is C19H15N7O4S. The second kappa shape index (κ2) is 7.40. The Kier molecular flexibility index (Phi) is 4.55. The van der Waals surface area contributed by atoms with Crippen molar-refractivity contribution in [3.63, 3.8) is 0 Å². The van der Waals surface area contributed by atoms with Crippen molar-refractivity contribution in [3.8, 4) is 5.69 Å². The number of hydrogen-bond acceptors (Lipinski definition) is 9.